The Kier molecular flexibility index (Phi) is 4.32. The highest BCUT2D eigenvalue weighted by atomic mass is 16.4. The van der Waals surface area contributed by atoms with E-state index < -0.39 is 11.6 Å². The molecule has 0 bridgehead atoms. The lowest BCUT2D eigenvalue weighted by Gasteiger charge is -2.19. The average molecular weight is 265 g/mol. The van der Waals surface area contributed by atoms with Crippen molar-refractivity contribution in [2.75, 3.05) is 6.54 Å². The van der Waals surface area contributed by atoms with Gasteiger partial charge in [0.05, 0.1) is 6.54 Å². The molecule has 0 spiro atoms. The molecule has 0 aliphatic rings. The van der Waals surface area contributed by atoms with Crippen molar-refractivity contribution in [1.29, 1.82) is 0 Å². The molecule has 1 atom stereocenters. The van der Waals surface area contributed by atoms with E-state index >= 15 is 0 Å². The van der Waals surface area contributed by atoms with Gasteiger partial charge in [-0.1, -0.05) is 17.7 Å². The predicted molar refractivity (Wildman–Crippen MR) is 71.2 cm³/mol. The van der Waals surface area contributed by atoms with E-state index in [2.05, 4.69) is 5.32 Å². The van der Waals surface area contributed by atoms with Crippen molar-refractivity contribution in [1.82, 2.24) is 5.32 Å². The number of benzene rings is 1. The van der Waals surface area contributed by atoms with Gasteiger partial charge < -0.3 is 15.5 Å². The molecule has 5 nitrogen and oxygen atoms in total. The van der Waals surface area contributed by atoms with Crippen LogP contribution in [0.3, 0.4) is 0 Å². The van der Waals surface area contributed by atoms with Gasteiger partial charge in [0.2, 0.25) is 0 Å². The average Bonchev–Trinajstić information content (AvgIpc) is 2.24. The molecule has 1 aromatic carbocycles. The van der Waals surface area contributed by atoms with Crippen molar-refractivity contribution in [2.24, 2.45) is 0 Å². The maximum atomic E-state index is 12.1. The van der Waals surface area contributed by atoms with Crippen LogP contribution < -0.4 is 5.32 Å². The summed E-state index contributed by atoms with van der Waals surface area (Å²) in [5, 5.41) is 20.8. The van der Waals surface area contributed by atoms with Crippen LogP contribution in [0.25, 0.3) is 0 Å². The van der Waals surface area contributed by atoms with Crippen LogP contribution in [0.4, 0.5) is 0 Å². The van der Waals surface area contributed by atoms with Crippen LogP contribution in [0, 0.1) is 20.8 Å². The normalized spacial score (nSPS) is 13.7. The Bertz CT molecular complexity index is 497. The molecule has 0 aliphatic carbocycles. The second kappa shape index (κ2) is 5.40. The maximum absolute atomic E-state index is 12.1. The summed E-state index contributed by atoms with van der Waals surface area (Å²) < 4.78 is 0. The van der Waals surface area contributed by atoms with Crippen LogP contribution in [0.1, 0.15) is 34.0 Å². The van der Waals surface area contributed by atoms with Gasteiger partial charge in [0.25, 0.3) is 5.91 Å². The summed E-state index contributed by atoms with van der Waals surface area (Å²) in [6, 6.07) is 3.77. The summed E-state index contributed by atoms with van der Waals surface area (Å²) in [4.78, 5) is 22.8. The zero-order valence-corrected chi connectivity index (χ0v) is 11.6. The minimum Gasteiger partial charge on any atom is -0.479 e. The second-order valence-corrected chi connectivity index (χ2v) is 5.04. The van der Waals surface area contributed by atoms with E-state index in [0.29, 0.717) is 5.56 Å². The molecule has 1 rings (SSSR count). The van der Waals surface area contributed by atoms with Gasteiger partial charge >= 0.3 is 5.97 Å². The summed E-state index contributed by atoms with van der Waals surface area (Å²) in [6.07, 6.45) is 0. The van der Waals surface area contributed by atoms with Crippen molar-refractivity contribution >= 4 is 11.9 Å². The fraction of sp³-hybridized carbons (Fsp3) is 0.429. The van der Waals surface area contributed by atoms with E-state index in [9.17, 15) is 14.7 Å². The van der Waals surface area contributed by atoms with E-state index in [1.54, 1.807) is 0 Å². The molecule has 1 aromatic rings. The third kappa shape index (κ3) is 3.54. The highest BCUT2D eigenvalue weighted by Gasteiger charge is 2.30. The number of carbonyl (C=O) groups is 2. The lowest BCUT2D eigenvalue weighted by molar-refractivity contribution is -0.155. The summed E-state index contributed by atoms with van der Waals surface area (Å²) in [6.45, 7) is 6.39. The molecule has 0 fully saturated rings. The van der Waals surface area contributed by atoms with Crippen LogP contribution in [0.15, 0.2) is 12.1 Å². The topological polar surface area (TPSA) is 86.6 Å². The zero-order chi connectivity index (χ0) is 14.8. The first kappa shape index (κ1) is 15.2. The van der Waals surface area contributed by atoms with Gasteiger partial charge in [-0.05, 0) is 38.8 Å². The Labute approximate surface area is 112 Å². The van der Waals surface area contributed by atoms with E-state index in [1.165, 1.54) is 0 Å². The molecule has 0 aromatic heterocycles. The van der Waals surface area contributed by atoms with E-state index in [0.717, 1.165) is 23.6 Å². The van der Waals surface area contributed by atoms with Gasteiger partial charge in [-0.15, -0.1) is 0 Å². The molecule has 0 radical (unpaired) electrons. The number of carboxylic acids is 1. The Morgan fingerprint density at radius 3 is 2.11 bits per heavy atom. The molecule has 104 valence electrons. The molecule has 0 saturated carbocycles. The number of rotatable bonds is 4. The van der Waals surface area contributed by atoms with Crippen molar-refractivity contribution in [3.63, 3.8) is 0 Å². The zero-order valence-electron chi connectivity index (χ0n) is 11.6. The van der Waals surface area contributed by atoms with Crippen molar-refractivity contribution in [3.8, 4) is 0 Å². The van der Waals surface area contributed by atoms with Crippen molar-refractivity contribution in [3.05, 3.63) is 34.4 Å². The van der Waals surface area contributed by atoms with Crippen LogP contribution in [0.2, 0.25) is 0 Å². The van der Waals surface area contributed by atoms with E-state index in [4.69, 9.17) is 5.11 Å². The number of aliphatic carboxylic acids is 1. The van der Waals surface area contributed by atoms with E-state index in [1.807, 2.05) is 32.9 Å². The summed E-state index contributed by atoms with van der Waals surface area (Å²) in [7, 11) is 0. The molecule has 0 heterocycles. The Morgan fingerprint density at radius 2 is 1.68 bits per heavy atom. The number of amides is 1. The first-order valence-electron chi connectivity index (χ1n) is 5.97. The largest absolute Gasteiger partial charge is 0.479 e. The first-order chi connectivity index (χ1) is 8.65. The number of carbonyl (C=O) groups excluding carboxylic acids is 1. The van der Waals surface area contributed by atoms with Crippen molar-refractivity contribution < 1.29 is 19.8 Å². The quantitative estimate of drug-likeness (QED) is 0.763. The minimum atomic E-state index is -1.97. The molecule has 1 amide bonds. The lowest BCUT2D eigenvalue weighted by Crippen LogP contribution is -2.46. The molecule has 0 aliphatic heterocycles. The Morgan fingerprint density at radius 1 is 1.21 bits per heavy atom. The number of hydrogen-bond acceptors (Lipinski definition) is 3. The number of carboxylic acid groups (broad SMARTS) is 1. The molecular weight excluding hydrogens is 246 g/mol. The number of hydrogen-bond donors (Lipinski definition) is 3. The number of aliphatic hydroxyl groups is 1. The van der Waals surface area contributed by atoms with Crippen LogP contribution in [-0.4, -0.2) is 34.2 Å². The van der Waals surface area contributed by atoms with Gasteiger partial charge in [0.1, 0.15) is 0 Å². The summed E-state index contributed by atoms with van der Waals surface area (Å²) in [5.41, 5.74) is 1.26. The lowest BCUT2D eigenvalue weighted by atomic mass is 9.99. The fourth-order valence-electron chi connectivity index (χ4n) is 1.95. The monoisotopic (exact) mass is 265 g/mol. The molecule has 3 N–H and O–H groups in total. The first-order valence-corrected chi connectivity index (χ1v) is 5.97. The van der Waals surface area contributed by atoms with Gasteiger partial charge in [-0.25, -0.2) is 4.79 Å². The highest BCUT2D eigenvalue weighted by molar-refractivity contribution is 5.97. The second-order valence-electron chi connectivity index (χ2n) is 5.04. The fourth-order valence-corrected chi connectivity index (χ4v) is 1.95. The van der Waals surface area contributed by atoms with Crippen molar-refractivity contribution in [2.45, 2.75) is 33.3 Å². The van der Waals surface area contributed by atoms with Gasteiger partial charge in [0, 0.05) is 5.56 Å². The van der Waals surface area contributed by atoms with Crippen LogP contribution in [0.5, 0.6) is 0 Å². The number of aryl methyl sites for hydroxylation is 3. The van der Waals surface area contributed by atoms with Gasteiger partial charge in [-0.2, -0.15) is 0 Å². The smallest absolute Gasteiger partial charge is 0.337 e. The van der Waals surface area contributed by atoms with Gasteiger partial charge in [0.15, 0.2) is 5.60 Å². The molecule has 19 heavy (non-hydrogen) atoms. The van der Waals surface area contributed by atoms with Crippen LogP contribution >= 0.6 is 0 Å². The molecule has 1 unspecified atom stereocenters. The summed E-state index contributed by atoms with van der Waals surface area (Å²) >= 11 is 0. The minimum absolute atomic E-state index is 0.339. The third-order valence-corrected chi connectivity index (χ3v) is 2.96. The SMILES string of the molecule is Cc1cc(C)c(C(=O)NCC(C)(O)C(=O)O)c(C)c1. The Hall–Kier alpha value is -1.88. The maximum Gasteiger partial charge on any atom is 0.337 e. The third-order valence-electron chi connectivity index (χ3n) is 2.96. The molecule has 5 heteroatoms. The number of nitrogens with one attached hydrogen (secondary N) is 1. The van der Waals surface area contributed by atoms with Crippen LogP contribution in [-0.2, 0) is 4.79 Å². The standard InChI is InChI=1S/C14H19NO4/c1-8-5-9(2)11(10(3)6-8)12(16)15-7-14(4,19)13(17)18/h5-6,19H,7H2,1-4H3,(H,15,16)(H,17,18). The van der Waals surface area contributed by atoms with Gasteiger partial charge in [-0.3, -0.25) is 4.79 Å². The predicted octanol–water partition coefficient (Wildman–Crippen LogP) is 1.18. The Balaban J connectivity index is 2.89. The summed E-state index contributed by atoms with van der Waals surface area (Å²) in [5.74, 6) is -1.75. The molecular formula is C14H19NO4. The molecule has 0 saturated heterocycles. The highest BCUT2D eigenvalue weighted by Crippen LogP contribution is 2.16. The van der Waals surface area contributed by atoms with E-state index in [-0.39, 0.29) is 12.5 Å².